The van der Waals surface area contributed by atoms with Crippen LogP contribution in [0.25, 0.3) is 0 Å². The zero-order valence-corrected chi connectivity index (χ0v) is 23.3. The zero-order chi connectivity index (χ0) is 27.9. The summed E-state index contributed by atoms with van der Waals surface area (Å²) in [6.07, 6.45) is 0. The van der Waals surface area contributed by atoms with E-state index in [0.717, 1.165) is 0 Å². The first-order valence-corrected chi connectivity index (χ1v) is 16.7. The third-order valence-electron chi connectivity index (χ3n) is 6.72. The topological polar surface area (TPSA) is 92.3 Å². The van der Waals surface area contributed by atoms with Gasteiger partial charge in [0.1, 0.15) is 0 Å². The Morgan fingerprint density at radius 3 is 0.690 bits per heavy atom. The summed E-state index contributed by atoms with van der Waals surface area (Å²) >= 11 is 0. The number of benzene rings is 5. The van der Waals surface area contributed by atoms with E-state index in [4.69, 9.17) is 45.2 Å². The molecular formula is C30H20O10P2. The molecule has 12 heteroatoms. The maximum atomic E-state index is 6.59. The van der Waals surface area contributed by atoms with E-state index in [1.54, 1.807) is 72.8 Å². The van der Waals surface area contributed by atoms with E-state index in [0.29, 0.717) is 46.0 Å². The van der Waals surface area contributed by atoms with Gasteiger partial charge in [-0.3, -0.25) is 0 Å². The van der Waals surface area contributed by atoms with E-state index in [1.807, 2.05) is 48.5 Å². The van der Waals surface area contributed by atoms with Crippen LogP contribution < -0.4 is 45.2 Å². The molecule has 0 radical (unpaired) electrons. The first-order valence-electron chi connectivity index (χ1n) is 13.0. The third-order valence-corrected chi connectivity index (χ3v) is 11.7. The normalized spacial score (nSPS) is 21.0. The van der Waals surface area contributed by atoms with Gasteiger partial charge >= 0.3 is 240 Å². The number of fused-ring (bicyclic) bond motifs is 4. The number of hydrogen-bond acceptors (Lipinski definition) is 10. The molecule has 2 spiro atoms. The second-order valence-corrected chi connectivity index (χ2v) is 14.4. The van der Waals surface area contributed by atoms with E-state index >= 15 is 0 Å². The molecule has 9 rings (SSSR count). The second kappa shape index (κ2) is 7.82. The van der Waals surface area contributed by atoms with Crippen molar-refractivity contribution in [2.45, 2.75) is 0 Å². The van der Waals surface area contributed by atoms with Crippen LogP contribution in [0.4, 0.5) is 0 Å². The molecule has 4 aliphatic heterocycles. The Bertz CT molecular complexity index is 1570. The molecule has 210 valence electrons. The Balaban J connectivity index is 1.15. The summed E-state index contributed by atoms with van der Waals surface area (Å²) in [5.74, 6) is 3.51. The minimum absolute atomic E-state index is 0.140. The molecule has 0 unspecified atom stereocenters. The summed E-state index contributed by atoms with van der Waals surface area (Å²) in [5, 5.41) is 0. The van der Waals surface area contributed by atoms with Gasteiger partial charge in [-0.2, -0.15) is 0 Å². The van der Waals surface area contributed by atoms with Crippen molar-refractivity contribution in [1.29, 1.82) is 0 Å². The molecule has 0 saturated carbocycles. The predicted molar refractivity (Wildman–Crippen MR) is 152 cm³/mol. The van der Waals surface area contributed by atoms with Crippen LogP contribution in [0.3, 0.4) is 0 Å². The number of hydrogen-bond donors (Lipinski definition) is 0. The van der Waals surface area contributed by atoms with Crippen molar-refractivity contribution in [2.75, 3.05) is 0 Å². The van der Waals surface area contributed by atoms with Crippen molar-refractivity contribution in [3.63, 3.8) is 0 Å². The standard InChI is InChI=1S/C30H20O10P2/c1-2-12-22-21(11-1)31-41(32-22,33-23-13-3-4-14-24(23)34-41)39-29-19-9-10-20-30(29)40-42(35-25-15-5-6-16-26(25)36-42)37-27-17-7-8-18-28(27)38-42/h1-20H. The van der Waals surface area contributed by atoms with Gasteiger partial charge in [0.15, 0.2) is 0 Å². The van der Waals surface area contributed by atoms with Crippen LogP contribution >= 0.6 is 15.5 Å². The first kappa shape index (κ1) is 23.6. The van der Waals surface area contributed by atoms with Gasteiger partial charge in [-0.25, -0.2) is 0 Å². The average Bonchev–Trinajstić information content (AvgIpc) is 3.70. The Kier molecular flexibility index (Phi) is 4.40. The van der Waals surface area contributed by atoms with Crippen molar-refractivity contribution in [3.8, 4) is 57.5 Å². The molecule has 0 saturated heterocycles. The molecule has 10 nitrogen and oxygen atoms in total. The molecule has 0 atom stereocenters. The summed E-state index contributed by atoms with van der Waals surface area (Å²) in [6.45, 7) is 0. The fourth-order valence-electron chi connectivity index (χ4n) is 4.98. The molecular weight excluding hydrogens is 582 g/mol. The summed E-state index contributed by atoms with van der Waals surface area (Å²) in [7, 11) is -9.75. The van der Waals surface area contributed by atoms with Crippen molar-refractivity contribution in [3.05, 3.63) is 121 Å². The molecule has 0 fully saturated rings. The Labute approximate surface area is 239 Å². The van der Waals surface area contributed by atoms with Gasteiger partial charge < -0.3 is 0 Å². The summed E-state index contributed by atoms with van der Waals surface area (Å²) in [5.41, 5.74) is 0. The molecule has 0 N–H and O–H groups in total. The van der Waals surface area contributed by atoms with Gasteiger partial charge in [0.25, 0.3) is 0 Å². The molecule has 4 heterocycles. The van der Waals surface area contributed by atoms with E-state index in [9.17, 15) is 0 Å². The van der Waals surface area contributed by atoms with Crippen LogP contribution in [-0.2, 0) is 0 Å². The SMILES string of the molecule is c1ccc(OP23(Oc4ccccc4O2)Oc2ccccc2O3)c(OP23(Oc4ccccc4O2)Oc2ccccc2O3)c1. The Morgan fingerprint density at radius 2 is 0.476 bits per heavy atom. The monoisotopic (exact) mass is 602 g/mol. The van der Waals surface area contributed by atoms with Crippen LogP contribution in [0.1, 0.15) is 0 Å². The van der Waals surface area contributed by atoms with Crippen LogP contribution in [0.2, 0.25) is 0 Å². The quantitative estimate of drug-likeness (QED) is 0.186. The van der Waals surface area contributed by atoms with E-state index in [1.165, 1.54) is 0 Å². The summed E-state index contributed by atoms with van der Waals surface area (Å²) in [6, 6.07) is 35.3. The molecule has 0 amide bonds. The van der Waals surface area contributed by atoms with Crippen LogP contribution in [0.15, 0.2) is 121 Å². The molecule has 0 bridgehead atoms. The third kappa shape index (κ3) is 3.33. The first-order chi connectivity index (χ1) is 20.5. The van der Waals surface area contributed by atoms with Crippen molar-refractivity contribution in [1.82, 2.24) is 0 Å². The van der Waals surface area contributed by atoms with E-state index < -0.39 is 15.5 Å². The molecule has 42 heavy (non-hydrogen) atoms. The fourth-order valence-corrected chi connectivity index (χ4v) is 10.4. The predicted octanol–water partition coefficient (Wildman–Crippen LogP) is 8.59. The van der Waals surface area contributed by atoms with Crippen LogP contribution in [0, 0.1) is 0 Å². The van der Waals surface area contributed by atoms with Gasteiger partial charge in [0, 0.05) is 0 Å². The van der Waals surface area contributed by atoms with Crippen molar-refractivity contribution >= 4 is 15.5 Å². The van der Waals surface area contributed by atoms with Gasteiger partial charge in [-0.1, -0.05) is 0 Å². The van der Waals surface area contributed by atoms with Gasteiger partial charge in [0.2, 0.25) is 0 Å². The molecule has 4 aliphatic rings. The number of para-hydroxylation sites is 10. The van der Waals surface area contributed by atoms with E-state index in [2.05, 4.69) is 0 Å². The second-order valence-electron chi connectivity index (χ2n) is 9.64. The van der Waals surface area contributed by atoms with E-state index in [-0.39, 0.29) is 11.5 Å². The maximum absolute atomic E-state index is 6.59. The van der Waals surface area contributed by atoms with Gasteiger partial charge in [-0.05, 0) is 0 Å². The molecule has 5 aromatic carbocycles. The zero-order valence-electron chi connectivity index (χ0n) is 21.5. The number of rotatable bonds is 4. The summed E-state index contributed by atoms with van der Waals surface area (Å²) in [4.78, 5) is 0. The summed E-state index contributed by atoms with van der Waals surface area (Å²) < 4.78 is 63.9. The molecule has 0 aromatic heterocycles. The molecule has 0 aliphatic carbocycles. The van der Waals surface area contributed by atoms with Crippen LogP contribution in [-0.4, -0.2) is 0 Å². The van der Waals surface area contributed by atoms with Gasteiger partial charge in [-0.15, -0.1) is 0 Å². The van der Waals surface area contributed by atoms with Gasteiger partial charge in [0.05, 0.1) is 0 Å². The van der Waals surface area contributed by atoms with Crippen molar-refractivity contribution < 1.29 is 45.2 Å². The fraction of sp³-hybridized carbons (Fsp3) is 0. The van der Waals surface area contributed by atoms with Crippen LogP contribution in [0.5, 0.6) is 57.5 Å². The van der Waals surface area contributed by atoms with Crippen molar-refractivity contribution in [2.24, 2.45) is 0 Å². The average molecular weight is 602 g/mol. The minimum atomic E-state index is -4.88. The Morgan fingerprint density at radius 1 is 0.286 bits per heavy atom. The Hall–Kier alpha value is -5.04. The molecule has 5 aromatic rings.